The second-order valence-corrected chi connectivity index (χ2v) is 6.85. The Bertz CT molecular complexity index is 538. The Morgan fingerprint density at radius 2 is 1.95 bits per heavy atom. The van der Waals surface area contributed by atoms with Gasteiger partial charge < -0.3 is 10.1 Å². The zero-order valence-corrected chi connectivity index (χ0v) is 14.1. The SMILES string of the molecule is CCNC(CCc1ccc(OC)cc1)Cc1ccc(Cl)s1. The van der Waals surface area contributed by atoms with Gasteiger partial charge in [0.05, 0.1) is 11.4 Å². The summed E-state index contributed by atoms with van der Waals surface area (Å²) in [5, 5.41) is 3.57. The van der Waals surface area contributed by atoms with Gasteiger partial charge in [-0.3, -0.25) is 0 Å². The molecule has 1 heterocycles. The molecular formula is C17H22ClNOS. The number of methoxy groups -OCH3 is 1. The van der Waals surface area contributed by atoms with Crippen LogP contribution in [0, 0.1) is 0 Å². The van der Waals surface area contributed by atoms with Crippen molar-refractivity contribution in [3.8, 4) is 5.75 Å². The summed E-state index contributed by atoms with van der Waals surface area (Å²) in [4.78, 5) is 1.35. The summed E-state index contributed by atoms with van der Waals surface area (Å²) in [6, 6.07) is 12.9. The highest BCUT2D eigenvalue weighted by atomic mass is 35.5. The van der Waals surface area contributed by atoms with Crippen LogP contribution in [0.15, 0.2) is 36.4 Å². The molecule has 0 radical (unpaired) electrons. The lowest BCUT2D eigenvalue weighted by Gasteiger charge is -2.17. The monoisotopic (exact) mass is 323 g/mol. The van der Waals surface area contributed by atoms with Gasteiger partial charge in [0.15, 0.2) is 0 Å². The van der Waals surface area contributed by atoms with E-state index in [2.05, 4.69) is 30.4 Å². The van der Waals surface area contributed by atoms with E-state index >= 15 is 0 Å². The molecule has 1 aromatic carbocycles. The summed E-state index contributed by atoms with van der Waals surface area (Å²) in [6.07, 6.45) is 3.23. The highest BCUT2D eigenvalue weighted by Crippen LogP contribution is 2.23. The van der Waals surface area contributed by atoms with Gasteiger partial charge in [0.25, 0.3) is 0 Å². The lowest BCUT2D eigenvalue weighted by atomic mass is 10.0. The van der Waals surface area contributed by atoms with Crippen LogP contribution < -0.4 is 10.1 Å². The summed E-state index contributed by atoms with van der Waals surface area (Å²) >= 11 is 7.69. The molecular weight excluding hydrogens is 302 g/mol. The van der Waals surface area contributed by atoms with Gasteiger partial charge in [0.1, 0.15) is 5.75 Å². The molecule has 1 atom stereocenters. The average Bonchev–Trinajstić information content (AvgIpc) is 2.91. The molecule has 0 bridgehead atoms. The summed E-state index contributed by atoms with van der Waals surface area (Å²) in [7, 11) is 1.70. The maximum absolute atomic E-state index is 6.01. The lowest BCUT2D eigenvalue weighted by Crippen LogP contribution is -2.31. The topological polar surface area (TPSA) is 21.3 Å². The van der Waals surface area contributed by atoms with Gasteiger partial charge >= 0.3 is 0 Å². The Hall–Kier alpha value is -1.03. The molecule has 0 aliphatic rings. The molecule has 4 heteroatoms. The van der Waals surface area contributed by atoms with Crippen LogP contribution in [0.5, 0.6) is 5.75 Å². The summed E-state index contributed by atoms with van der Waals surface area (Å²) in [6.45, 7) is 3.15. The van der Waals surface area contributed by atoms with E-state index in [1.54, 1.807) is 18.4 Å². The van der Waals surface area contributed by atoms with E-state index in [0.29, 0.717) is 6.04 Å². The van der Waals surface area contributed by atoms with Crippen LogP contribution in [0.1, 0.15) is 23.8 Å². The summed E-state index contributed by atoms with van der Waals surface area (Å²) < 4.78 is 6.06. The van der Waals surface area contributed by atoms with Crippen molar-refractivity contribution < 1.29 is 4.74 Å². The highest BCUT2D eigenvalue weighted by Gasteiger charge is 2.10. The number of rotatable bonds is 8. The first-order valence-electron chi connectivity index (χ1n) is 7.31. The van der Waals surface area contributed by atoms with Crippen LogP contribution in [0.2, 0.25) is 4.34 Å². The van der Waals surface area contributed by atoms with E-state index in [9.17, 15) is 0 Å². The van der Waals surface area contributed by atoms with Crippen LogP contribution in [0.4, 0.5) is 0 Å². The Balaban J connectivity index is 1.89. The van der Waals surface area contributed by atoms with Crippen molar-refractivity contribution in [3.05, 3.63) is 51.2 Å². The third-order valence-electron chi connectivity index (χ3n) is 3.51. The zero-order valence-electron chi connectivity index (χ0n) is 12.6. The van der Waals surface area contributed by atoms with Crippen molar-refractivity contribution in [2.75, 3.05) is 13.7 Å². The molecule has 2 aromatic rings. The highest BCUT2D eigenvalue weighted by molar-refractivity contribution is 7.16. The molecule has 0 aliphatic carbocycles. The molecule has 0 fully saturated rings. The van der Waals surface area contributed by atoms with Crippen LogP contribution in [-0.2, 0) is 12.8 Å². The smallest absolute Gasteiger partial charge is 0.118 e. The fourth-order valence-corrected chi connectivity index (χ4v) is 3.57. The van der Waals surface area contributed by atoms with Crippen LogP contribution in [0.3, 0.4) is 0 Å². The predicted molar refractivity (Wildman–Crippen MR) is 91.8 cm³/mol. The van der Waals surface area contributed by atoms with E-state index in [-0.39, 0.29) is 0 Å². The van der Waals surface area contributed by atoms with Crippen molar-refractivity contribution in [2.45, 2.75) is 32.2 Å². The molecule has 0 amide bonds. The van der Waals surface area contributed by atoms with Crippen LogP contribution in [0.25, 0.3) is 0 Å². The number of likely N-dealkylation sites (N-methyl/N-ethyl adjacent to an activating group) is 1. The van der Waals surface area contributed by atoms with E-state index < -0.39 is 0 Å². The fourth-order valence-electron chi connectivity index (χ4n) is 2.40. The number of nitrogens with one attached hydrogen (secondary N) is 1. The Morgan fingerprint density at radius 3 is 2.52 bits per heavy atom. The first-order chi connectivity index (χ1) is 10.2. The molecule has 1 unspecified atom stereocenters. The van der Waals surface area contributed by atoms with Gasteiger partial charge in [-0.25, -0.2) is 0 Å². The van der Waals surface area contributed by atoms with E-state index in [1.165, 1.54) is 10.4 Å². The van der Waals surface area contributed by atoms with Crippen LogP contribution in [-0.4, -0.2) is 19.7 Å². The number of thiophene rings is 1. The van der Waals surface area contributed by atoms with Crippen molar-refractivity contribution >= 4 is 22.9 Å². The third-order valence-corrected chi connectivity index (χ3v) is 4.76. The van der Waals surface area contributed by atoms with Crippen molar-refractivity contribution in [1.82, 2.24) is 5.32 Å². The first kappa shape index (κ1) is 16.3. The quantitative estimate of drug-likeness (QED) is 0.768. The minimum atomic E-state index is 0.492. The van der Waals surface area contributed by atoms with E-state index in [0.717, 1.165) is 35.9 Å². The summed E-state index contributed by atoms with van der Waals surface area (Å²) in [5.74, 6) is 0.912. The molecule has 0 aliphatic heterocycles. The minimum Gasteiger partial charge on any atom is -0.497 e. The number of hydrogen-bond donors (Lipinski definition) is 1. The number of benzene rings is 1. The fraction of sp³-hybridized carbons (Fsp3) is 0.412. The molecule has 114 valence electrons. The predicted octanol–water partition coefficient (Wildman–Crippen LogP) is 4.56. The molecule has 0 saturated heterocycles. The second kappa shape index (κ2) is 8.42. The number of hydrogen-bond acceptors (Lipinski definition) is 3. The molecule has 0 saturated carbocycles. The number of halogens is 1. The lowest BCUT2D eigenvalue weighted by molar-refractivity contribution is 0.414. The average molecular weight is 324 g/mol. The van der Waals surface area contributed by atoms with Crippen molar-refractivity contribution in [2.24, 2.45) is 0 Å². The minimum absolute atomic E-state index is 0.492. The molecule has 2 nitrogen and oxygen atoms in total. The Labute approximate surface area is 136 Å². The first-order valence-corrected chi connectivity index (χ1v) is 8.51. The zero-order chi connectivity index (χ0) is 15.1. The van der Waals surface area contributed by atoms with Crippen molar-refractivity contribution in [1.29, 1.82) is 0 Å². The third kappa shape index (κ3) is 5.34. The van der Waals surface area contributed by atoms with Gasteiger partial charge in [-0.2, -0.15) is 0 Å². The number of ether oxygens (including phenoxy) is 1. The Kier molecular flexibility index (Phi) is 6.55. The molecule has 2 rings (SSSR count). The maximum atomic E-state index is 6.01. The van der Waals surface area contributed by atoms with Crippen LogP contribution >= 0.6 is 22.9 Å². The Morgan fingerprint density at radius 1 is 1.19 bits per heavy atom. The van der Waals surface area contributed by atoms with Gasteiger partial charge in [0.2, 0.25) is 0 Å². The molecule has 1 aromatic heterocycles. The van der Waals surface area contributed by atoms with Gasteiger partial charge in [0, 0.05) is 10.9 Å². The molecule has 0 spiro atoms. The van der Waals surface area contributed by atoms with Gasteiger partial charge in [-0.15, -0.1) is 11.3 Å². The molecule has 1 N–H and O–H groups in total. The normalized spacial score (nSPS) is 12.3. The largest absolute Gasteiger partial charge is 0.497 e. The van der Waals surface area contributed by atoms with Gasteiger partial charge in [-0.1, -0.05) is 30.7 Å². The van der Waals surface area contributed by atoms with Gasteiger partial charge in [-0.05, 0) is 55.6 Å². The van der Waals surface area contributed by atoms with E-state index in [4.69, 9.17) is 16.3 Å². The van der Waals surface area contributed by atoms with E-state index in [1.807, 2.05) is 18.2 Å². The van der Waals surface area contributed by atoms with Crippen molar-refractivity contribution in [3.63, 3.8) is 0 Å². The summed E-state index contributed by atoms with van der Waals surface area (Å²) in [5.41, 5.74) is 1.35. The second-order valence-electron chi connectivity index (χ2n) is 5.05. The standard InChI is InChI=1S/C17H22ClNOS/c1-3-19-14(12-16-10-11-17(18)21-16)7-4-13-5-8-15(20-2)9-6-13/h5-6,8-11,14,19H,3-4,7,12H2,1-2H3. The molecule has 21 heavy (non-hydrogen) atoms. The maximum Gasteiger partial charge on any atom is 0.118 e. The number of aryl methyl sites for hydroxylation is 1.